The van der Waals surface area contributed by atoms with E-state index >= 15 is 0 Å². The van der Waals surface area contributed by atoms with Crippen molar-refractivity contribution in [3.05, 3.63) is 48.3 Å². The van der Waals surface area contributed by atoms with Gasteiger partial charge in [-0.3, -0.25) is 9.48 Å². The third-order valence-corrected chi connectivity index (χ3v) is 4.39. The van der Waals surface area contributed by atoms with Crippen molar-refractivity contribution in [1.29, 1.82) is 0 Å². The van der Waals surface area contributed by atoms with Gasteiger partial charge < -0.3 is 15.0 Å². The average Bonchev–Trinajstić information content (AvgIpc) is 3.06. The maximum Gasteiger partial charge on any atom is 0.246 e. The number of likely N-dealkylation sites (tertiary alicyclic amines) is 1. The second-order valence-electron chi connectivity index (χ2n) is 6.26. The van der Waals surface area contributed by atoms with Gasteiger partial charge >= 0.3 is 0 Å². The summed E-state index contributed by atoms with van der Waals surface area (Å²) >= 11 is 0. The Morgan fingerprint density at radius 3 is 2.84 bits per heavy atom. The Bertz CT molecular complexity index is 745. The molecule has 1 fully saturated rings. The van der Waals surface area contributed by atoms with Crippen LogP contribution in [0.5, 0.6) is 5.75 Å². The molecule has 1 aromatic carbocycles. The van der Waals surface area contributed by atoms with Crippen molar-refractivity contribution in [2.45, 2.75) is 18.9 Å². The number of carbonyl (C=O) groups is 1. The summed E-state index contributed by atoms with van der Waals surface area (Å²) in [6.07, 6.45) is 8.94. The van der Waals surface area contributed by atoms with Gasteiger partial charge in [0.05, 0.1) is 13.3 Å². The lowest BCUT2D eigenvalue weighted by Gasteiger charge is -2.32. The van der Waals surface area contributed by atoms with Gasteiger partial charge in [-0.15, -0.1) is 0 Å². The number of hydrogen-bond acceptors (Lipinski definition) is 4. The van der Waals surface area contributed by atoms with Crippen LogP contribution in [0.3, 0.4) is 0 Å². The number of rotatable bonds is 5. The number of anilines is 1. The highest BCUT2D eigenvalue weighted by Gasteiger charge is 2.21. The fourth-order valence-corrected chi connectivity index (χ4v) is 2.99. The van der Waals surface area contributed by atoms with E-state index in [1.165, 1.54) is 0 Å². The number of methoxy groups -OCH3 is 1. The molecule has 2 heterocycles. The molecule has 6 heteroatoms. The van der Waals surface area contributed by atoms with Crippen LogP contribution in [0.25, 0.3) is 6.08 Å². The van der Waals surface area contributed by atoms with Crippen molar-refractivity contribution in [2.24, 2.45) is 7.05 Å². The number of ether oxygens (including phenoxy) is 1. The minimum absolute atomic E-state index is 0.0590. The summed E-state index contributed by atoms with van der Waals surface area (Å²) < 4.78 is 6.97. The summed E-state index contributed by atoms with van der Waals surface area (Å²) in [6, 6.07) is 8.31. The molecule has 1 aliphatic rings. The van der Waals surface area contributed by atoms with E-state index in [0.29, 0.717) is 6.04 Å². The van der Waals surface area contributed by atoms with Crippen LogP contribution in [0, 0.1) is 0 Å². The highest BCUT2D eigenvalue weighted by atomic mass is 16.5. The molecule has 1 N–H and O–H groups in total. The molecule has 0 bridgehead atoms. The van der Waals surface area contributed by atoms with Crippen LogP contribution in [-0.2, 0) is 11.8 Å². The Kier molecular flexibility index (Phi) is 5.38. The molecular weight excluding hydrogens is 316 g/mol. The molecule has 0 unspecified atom stereocenters. The SMILES string of the molecule is COc1cccc(NC2CCN(C(=O)/C=C/c3cnn(C)c3)CC2)c1. The zero-order valence-corrected chi connectivity index (χ0v) is 14.7. The Morgan fingerprint density at radius 1 is 1.36 bits per heavy atom. The molecule has 1 aromatic heterocycles. The number of aromatic nitrogens is 2. The van der Waals surface area contributed by atoms with E-state index in [2.05, 4.69) is 10.4 Å². The molecule has 132 valence electrons. The number of nitrogens with one attached hydrogen (secondary N) is 1. The van der Waals surface area contributed by atoms with E-state index in [1.807, 2.05) is 48.5 Å². The normalized spacial score (nSPS) is 15.5. The van der Waals surface area contributed by atoms with E-state index in [9.17, 15) is 4.79 Å². The Balaban J connectivity index is 1.49. The smallest absolute Gasteiger partial charge is 0.246 e. The van der Waals surface area contributed by atoms with E-state index in [4.69, 9.17) is 4.74 Å². The van der Waals surface area contributed by atoms with Gasteiger partial charge in [0.25, 0.3) is 0 Å². The first kappa shape index (κ1) is 17.1. The molecule has 0 aliphatic carbocycles. The van der Waals surface area contributed by atoms with Crippen LogP contribution < -0.4 is 10.1 Å². The number of piperidine rings is 1. The Hall–Kier alpha value is -2.76. The minimum atomic E-state index is 0.0590. The summed E-state index contributed by atoms with van der Waals surface area (Å²) in [5, 5.41) is 7.62. The molecule has 0 spiro atoms. The Labute approximate surface area is 148 Å². The third kappa shape index (κ3) is 4.62. The van der Waals surface area contributed by atoms with Crippen LogP contribution in [0.15, 0.2) is 42.7 Å². The number of nitrogens with zero attached hydrogens (tertiary/aromatic N) is 3. The second-order valence-corrected chi connectivity index (χ2v) is 6.26. The van der Waals surface area contributed by atoms with Crippen molar-refractivity contribution in [2.75, 3.05) is 25.5 Å². The van der Waals surface area contributed by atoms with Gasteiger partial charge in [-0.05, 0) is 31.1 Å². The monoisotopic (exact) mass is 340 g/mol. The topological polar surface area (TPSA) is 59.4 Å². The summed E-state index contributed by atoms with van der Waals surface area (Å²) in [6.45, 7) is 1.52. The molecular formula is C19H24N4O2. The van der Waals surface area contributed by atoms with Crippen molar-refractivity contribution in [3.63, 3.8) is 0 Å². The third-order valence-electron chi connectivity index (χ3n) is 4.39. The van der Waals surface area contributed by atoms with Gasteiger partial charge in [-0.1, -0.05) is 6.07 Å². The molecule has 1 saturated heterocycles. The van der Waals surface area contributed by atoms with Gasteiger partial charge in [0.2, 0.25) is 5.91 Å². The van der Waals surface area contributed by atoms with Crippen LogP contribution in [0.2, 0.25) is 0 Å². The fourth-order valence-electron chi connectivity index (χ4n) is 2.99. The lowest BCUT2D eigenvalue weighted by molar-refractivity contribution is -0.126. The van der Waals surface area contributed by atoms with Crippen molar-refractivity contribution < 1.29 is 9.53 Å². The zero-order valence-electron chi connectivity index (χ0n) is 14.7. The van der Waals surface area contributed by atoms with Gasteiger partial charge in [0.15, 0.2) is 0 Å². The highest BCUT2D eigenvalue weighted by Crippen LogP contribution is 2.21. The van der Waals surface area contributed by atoms with Gasteiger partial charge in [-0.2, -0.15) is 5.10 Å². The molecule has 0 atom stereocenters. The van der Waals surface area contributed by atoms with Crippen LogP contribution in [0.1, 0.15) is 18.4 Å². The molecule has 1 aliphatic heterocycles. The molecule has 2 aromatic rings. The maximum atomic E-state index is 12.3. The first-order valence-corrected chi connectivity index (χ1v) is 8.50. The highest BCUT2D eigenvalue weighted by molar-refractivity contribution is 5.91. The number of carbonyl (C=O) groups excluding carboxylic acids is 1. The van der Waals surface area contributed by atoms with E-state index in [-0.39, 0.29) is 5.91 Å². The van der Waals surface area contributed by atoms with Crippen LogP contribution >= 0.6 is 0 Å². The van der Waals surface area contributed by atoms with Crippen molar-refractivity contribution >= 4 is 17.7 Å². The lowest BCUT2D eigenvalue weighted by Crippen LogP contribution is -2.41. The second kappa shape index (κ2) is 7.88. The predicted molar refractivity (Wildman–Crippen MR) is 98.5 cm³/mol. The molecule has 0 radical (unpaired) electrons. The number of aryl methyl sites for hydroxylation is 1. The van der Waals surface area contributed by atoms with E-state index < -0.39 is 0 Å². The fraction of sp³-hybridized carbons (Fsp3) is 0.368. The quantitative estimate of drug-likeness (QED) is 0.850. The Morgan fingerprint density at radius 2 is 2.16 bits per heavy atom. The molecule has 3 rings (SSSR count). The van der Waals surface area contributed by atoms with Crippen molar-refractivity contribution in [1.82, 2.24) is 14.7 Å². The largest absolute Gasteiger partial charge is 0.497 e. The van der Waals surface area contributed by atoms with Gasteiger partial charge in [-0.25, -0.2) is 0 Å². The van der Waals surface area contributed by atoms with E-state index in [0.717, 1.165) is 42.9 Å². The standard InChI is InChI=1S/C19H24N4O2/c1-22-14-15(13-20-22)6-7-19(24)23-10-8-16(9-11-23)21-17-4-3-5-18(12-17)25-2/h3-7,12-14,16,21H,8-11H2,1-2H3/b7-6+. The van der Waals surface area contributed by atoms with Crippen LogP contribution in [0.4, 0.5) is 5.69 Å². The van der Waals surface area contributed by atoms with Gasteiger partial charge in [0, 0.05) is 55.8 Å². The van der Waals surface area contributed by atoms with Gasteiger partial charge in [0.1, 0.15) is 5.75 Å². The molecule has 25 heavy (non-hydrogen) atoms. The maximum absolute atomic E-state index is 12.3. The number of hydrogen-bond donors (Lipinski definition) is 1. The summed E-state index contributed by atoms with van der Waals surface area (Å²) in [4.78, 5) is 14.2. The lowest BCUT2D eigenvalue weighted by atomic mass is 10.0. The zero-order chi connectivity index (χ0) is 17.6. The predicted octanol–water partition coefficient (Wildman–Crippen LogP) is 2.55. The summed E-state index contributed by atoms with van der Waals surface area (Å²) in [5.41, 5.74) is 1.99. The molecule has 0 saturated carbocycles. The first-order chi connectivity index (χ1) is 12.1. The number of amides is 1. The van der Waals surface area contributed by atoms with Crippen molar-refractivity contribution in [3.8, 4) is 5.75 Å². The summed E-state index contributed by atoms with van der Waals surface area (Å²) in [5.74, 6) is 0.904. The number of benzene rings is 1. The minimum Gasteiger partial charge on any atom is -0.497 e. The molecule has 1 amide bonds. The van der Waals surface area contributed by atoms with E-state index in [1.54, 1.807) is 24.1 Å². The van der Waals surface area contributed by atoms with Crippen LogP contribution in [-0.4, -0.2) is 46.8 Å². The summed E-state index contributed by atoms with van der Waals surface area (Å²) in [7, 11) is 3.53. The average molecular weight is 340 g/mol. The molecule has 6 nitrogen and oxygen atoms in total. The first-order valence-electron chi connectivity index (χ1n) is 8.50.